The minimum absolute atomic E-state index is 0.293. The van der Waals surface area contributed by atoms with E-state index in [-0.39, 0.29) is 6.42 Å². The monoisotopic (exact) mass is 558 g/mol. The molecule has 2 rings (SSSR count). The van der Waals surface area contributed by atoms with E-state index in [2.05, 4.69) is 20.1 Å². The average Bonchev–Trinajstić information content (AvgIpc) is 2.87. The highest BCUT2D eigenvalue weighted by molar-refractivity contribution is 5.93. The summed E-state index contributed by atoms with van der Waals surface area (Å²) in [7, 11) is 0. The lowest BCUT2D eigenvalue weighted by Crippen LogP contribution is -2.18. The van der Waals surface area contributed by atoms with E-state index in [1.165, 1.54) is 27.7 Å². The summed E-state index contributed by atoms with van der Waals surface area (Å²) in [5.74, 6) is -15.0. The maximum Gasteiger partial charge on any atom is 0.341 e. The topological polar surface area (TPSA) is 150 Å². The Morgan fingerprint density at radius 2 is 1.00 bits per heavy atom. The molecule has 208 valence electrons. The first kappa shape index (κ1) is 30.8. The molecule has 16 heteroatoms. The summed E-state index contributed by atoms with van der Waals surface area (Å²) in [6.07, 6.45) is -0.293. The van der Waals surface area contributed by atoms with E-state index >= 15 is 0 Å². The zero-order chi connectivity index (χ0) is 29.6. The SMILES string of the molecule is CC(C)c1c(F)c(N=[N+]=[N-])c(F)c(F)c1C(=O)OCCCOC(=O)c1c(F)c(F)c(N=[N+]=[N-])c(F)c1C(C)C. The first-order valence-corrected chi connectivity index (χ1v) is 11.2. The molecular formula is C23H20F6N6O4. The van der Waals surface area contributed by atoms with E-state index in [9.17, 15) is 35.9 Å². The molecule has 2 aromatic rings. The van der Waals surface area contributed by atoms with Crippen molar-refractivity contribution < 1.29 is 45.4 Å². The number of carbonyl (C=O) groups is 2. The van der Waals surface area contributed by atoms with Crippen LogP contribution in [0.2, 0.25) is 0 Å². The number of hydrogen-bond acceptors (Lipinski definition) is 6. The number of carbonyl (C=O) groups excluding carboxylic acids is 2. The molecule has 10 nitrogen and oxygen atoms in total. The third-order valence-electron chi connectivity index (χ3n) is 5.28. The van der Waals surface area contributed by atoms with Crippen molar-refractivity contribution in [2.75, 3.05) is 13.2 Å². The Kier molecular flexibility index (Phi) is 10.2. The van der Waals surface area contributed by atoms with Gasteiger partial charge in [-0.1, -0.05) is 37.9 Å². The Labute approximate surface area is 216 Å². The minimum Gasteiger partial charge on any atom is -0.462 e. The fourth-order valence-electron chi connectivity index (χ4n) is 3.61. The Balaban J connectivity index is 2.19. The molecule has 0 aliphatic carbocycles. The van der Waals surface area contributed by atoms with Gasteiger partial charge in [-0.15, -0.1) is 0 Å². The number of hydrogen-bond donors (Lipinski definition) is 0. The Bertz CT molecular complexity index is 1310. The lowest BCUT2D eigenvalue weighted by molar-refractivity contribution is 0.0386. The zero-order valence-electron chi connectivity index (χ0n) is 20.9. The molecule has 0 saturated heterocycles. The summed E-state index contributed by atoms with van der Waals surface area (Å²) >= 11 is 0. The van der Waals surface area contributed by atoms with Crippen molar-refractivity contribution in [2.45, 2.75) is 46.0 Å². The lowest BCUT2D eigenvalue weighted by atomic mass is 9.94. The summed E-state index contributed by atoms with van der Waals surface area (Å²) in [6, 6.07) is 0. The van der Waals surface area contributed by atoms with Crippen molar-refractivity contribution in [1.29, 1.82) is 0 Å². The normalized spacial score (nSPS) is 10.8. The highest BCUT2D eigenvalue weighted by atomic mass is 19.2. The van der Waals surface area contributed by atoms with Gasteiger partial charge < -0.3 is 9.47 Å². The van der Waals surface area contributed by atoms with Gasteiger partial charge in [0.1, 0.15) is 34.1 Å². The van der Waals surface area contributed by atoms with Gasteiger partial charge in [0.15, 0.2) is 23.3 Å². The molecule has 0 aliphatic rings. The van der Waals surface area contributed by atoms with Crippen molar-refractivity contribution in [2.24, 2.45) is 10.2 Å². The molecule has 0 atom stereocenters. The molecule has 0 spiro atoms. The first-order chi connectivity index (χ1) is 18.3. The summed E-state index contributed by atoms with van der Waals surface area (Å²) in [4.78, 5) is 29.3. The van der Waals surface area contributed by atoms with Crippen molar-refractivity contribution >= 4 is 23.3 Å². The maximum absolute atomic E-state index is 14.7. The van der Waals surface area contributed by atoms with Gasteiger partial charge in [0, 0.05) is 27.4 Å². The second-order valence-electron chi connectivity index (χ2n) is 8.47. The molecule has 39 heavy (non-hydrogen) atoms. The number of esters is 2. The smallest absolute Gasteiger partial charge is 0.341 e. The molecule has 0 aliphatic heterocycles. The van der Waals surface area contributed by atoms with Gasteiger partial charge in [0.2, 0.25) is 0 Å². The molecule has 0 saturated carbocycles. The molecule has 0 bridgehead atoms. The van der Waals surface area contributed by atoms with E-state index in [0.29, 0.717) is 0 Å². The van der Waals surface area contributed by atoms with Crippen LogP contribution in [0.25, 0.3) is 20.9 Å². The minimum atomic E-state index is -1.90. The van der Waals surface area contributed by atoms with Crippen LogP contribution in [-0.4, -0.2) is 25.2 Å². The van der Waals surface area contributed by atoms with Gasteiger partial charge in [0.05, 0.1) is 13.2 Å². The van der Waals surface area contributed by atoms with Gasteiger partial charge in [-0.05, 0) is 22.9 Å². The van der Waals surface area contributed by atoms with E-state index in [1.54, 1.807) is 0 Å². The fourth-order valence-corrected chi connectivity index (χ4v) is 3.61. The van der Waals surface area contributed by atoms with E-state index in [1.807, 2.05) is 0 Å². The number of halogens is 6. The number of benzene rings is 2. The van der Waals surface area contributed by atoms with Crippen LogP contribution in [0.1, 0.15) is 77.8 Å². The highest BCUT2D eigenvalue weighted by Gasteiger charge is 2.32. The van der Waals surface area contributed by atoms with Crippen LogP contribution in [0.4, 0.5) is 37.7 Å². The largest absolute Gasteiger partial charge is 0.462 e. The molecule has 0 amide bonds. The highest BCUT2D eigenvalue weighted by Crippen LogP contribution is 2.37. The average molecular weight is 558 g/mol. The van der Waals surface area contributed by atoms with E-state index < -0.39 is 106 Å². The summed E-state index contributed by atoms with van der Waals surface area (Å²) < 4.78 is 96.5. The molecule has 0 aromatic heterocycles. The number of ether oxygens (including phenoxy) is 2. The van der Waals surface area contributed by atoms with Crippen molar-refractivity contribution in [3.63, 3.8) is 0 Å². The first-order valence-electron chi connectivity index (χ1n) is 11.2. The van der Waals surface area contributed by atoms with Crippen LogP contribution in [-0.2, 0) is 9.47 Å². The van der Waals surface area contributed by atoms with Crippen molar-refractivity contribution in [3.8, 4) is 0 Å². The molecule has 2 aromatic carbocycles. The summed E-state index contributed by atoms with van der Waals surface area (Å²) in [5.41, 5.74) is 11.1. The standard InChI is InChI=1S/C23H20F6N6O4/c1-8(2)10-12(14(24)18(28)20(16(10)26)32-34-30)22(36)38-6-5-7-39-23(37)13-11(9(3)4)17(27)21(33-35-31)19(29)15(13)25/h8-9H,5-7H2,1-4H3. The Morgan fingerprint density at radius 1 is 0.667 bits per heavy atom. The molecular weight excluding hydrogens is 538 g/mol. The molecule has 0 radical (unpaired) electrons. The fraction of sp³-hybridized carbons (Fsp3) is 0.391. The third-order valence-corrected chi connectivity index (χ3v) is 5.28. The lowest BCUT2D eigenvalue weighted by Gasteiger charge is -2.17. The zero-order valence-corrected chi connectivity index (χ0v) is 20.9. The van der Waals surface area contributed by atoms with Crippen LogP contribution in [0.15, 0.2) is 10.2 Å². The third kappa shape index (κ3) is 6.19. The van der Waals surface area contributed by atoms with Gasteiger partial charge in [-0.25, -0.2) is 35.9 Å². The van der Waals surface area contributed by atoms with Crippen LogP contribution in [0.5, 0.6) is 0 Å². The molecule has 0 fully saturated rings. The summed E-state index contributed by atoms with van der Waals surface area (Å²) in [6.45, 7) is 4.29. The number of azide groups is 2. The van der Waals surface area contributed by atoms with Gasteiger partial charge in [0.25, 0.3) is 0 Å². The van der Waals surface area contributed by atoms with Crippen molar-refractivity contribution in [1.82, 2.24) is 0 Å². The van der Waals surface area contributed by atoms with Crippen LogP contribution >= 0.6 is 0 Å². The van der Waals surface area contributed by atoms with E-state index in [4.69, 9.17) is 20.5 Å². The van der Waals surface area contributed by atoms with Crippen LogP contribution < -0.4 is 0 Å². The van der Waals surface area contributed by atoms with Crippen LogP contribution in [0.3, 0.4) is 0 Å². The Hall–Kier alpha value is -4.42. The summed E-state index contributed by atoms with van der Waals surface area (Å²) in [5, 5.41) is 5.56. The predicted octanol–water partition coefficient (Wildman–Crippen LogP) is 8.06. The maximum atomic E-state index is 14.7. The van der Waals surface area contributed by atoms with Gasteiger partial charge >= 0.3 is 11.9 Å². The second-order valence-corrected chi connectivity index (χ2v) is 8.47. The van der Waals surface area contributed by atoms with E-state index in [0.717, 1.165) is 0 Å². The predicted molar refractivity (Wildman–Crippen MR) is 124 cm³/mol. The molecule has 0 N–H and O–H groups in total. The van der Waals surface area contributed by atoms with Gasteiger partial charge in [-0.3, -0.25) is 0 Å². The number of nitrogens with zero attached hydrogens (tertiary/aromatic N) is 6. The number of rotatable bonds is 10. The molecule has 0 unspecified atom stereocenters. The second kappa shape index (κ2) is 12.9. The van der Waals surface area contributed by atoms with Gasteiger partial charge in [-0.2, -0.15) is 0 Å². The molecule has 0 heterocycles. The quantitative estimate of drug-likeness (QED) is 0.0551. The van der Waals surface area contributed by atoms with Crippen molar-refractivity contribution in [3.05, 3.63) is 78.0 Å². The van der Waals surface area contributed by atoms with Crippen LogP contribution in [0, 0.1) is 34.9 Å². The Morgan fingerprint density at radius 3 is 1.28 bits per heavy atom.